The average Bonchev–Trinajstić information content (AvgIpc) is 2.62. The van der Waals surface area contributed by atoms with Crippen molar-refractivity contribution in [1.82, 2.24) is 4.98 Å². The number of piperidine rings is 1. The maximum absolute atomic E-state index is 10.9. The van der Waals surface area contributed by atoms with Crippen LogP contribution in [0.25, 0.3) is 0 Å². The zero-order valence-corrected chi connectivity index (χ0v) is 11.0. The molecule has 0 radical (unpaired) electrons. The second-order valence-electron chi connectivity index (χ2n) is 5.25. The topological polar surface area (TPSA) is 73.7 Å². The number of hydrogen-bond acceptors (Lipinski definition) is 4. The quantitative estimate of drug-likeness (QED) is 0.867. The third-order valence-corrected chi connectivity index (χ3v) is 4.30. The van der Waals surface area contributed by atoms with Gasteiger partial charge in [0.05, 0.1) is 16.7 Å². The second-order valence-corrected chi connectivity index (χ2v) is 5.66. The van der Waals surface area contributed by atoms with Crippen molar-refractivity contribution in [1.29, 1.82) is 0 Å². The molecule has 2 bridgehead atoms. The number of aromatic carboxylic acids is 1. The first kappa shape index (κ1) is 12.7. The van der Waals surface area contributed by atoms with Gasteiger partial charge in [-0.1, -0.05) is 11.6 Å². The highest BCUT2D eigenvalue weighted by Gasteiger charge is 2.41. The minimum Gasteiger partial charge on any atom is -0.478 e. The van der Waals surface area contributed by atoms with E-state index >= 15 is 0 Å². The van der Waals surface area contributed by atoms with Gasteiger partial charge in [0.2, 0.25) is 0 Å². The molecule has 6 heteroatoms. The number of anilines is 1. The lowest BCUT2D eigenvalue weighted by Gasteiger charge is -2.38. The number of aromatic nitrogens is 1. The number of rotatable bonds is 2. The number of nitrogens with zero attached hydrogens (tertiary/aromatic N) is 2. The molecular formula is C13H15ClN2O3. The van der Waals surface area contributed by atoms with Crippen LogP contribution in [0.1, 0.15) is 36.0 Å². The van der Waals surface area contributed by atoms with Crippen molar-refractivity contribution in [2.45, 2.75) is 43.9 Å². The van der Waals surface area contributed by atoms with Crippen LogP contribution in [0.15, 0.2) is 12.3 Å². The molecule has 2 N–H and O–H groups in total. The smallest absolute Gasteiger partial charge is 0.337 e. The van der Waals surface area contributed by atoms with Crippen LogP contribution in [0.4, 0.5) is 5.82 Å². The fraction of sp³-hybridized carbons (Fsp3) is 0.538. The van der Waals surface area contributed by atoms with Gasteiger partial charge in [0.1, 0.15) is 5.82 Å². The Hall–Kier alpha value is -1.33. The van der Waals surface area contributed by atoms with Gasteiger partial charge in [0.25, 0.3) is 0 Å². The van der Waals surface area contributed by atoms with Crippen LogP contribution in [0.2, 0.25) is 5.02 Å². The van der Waals surface area contributed by atoms with E-state index in [1.165, 1.54) is 12.3 Å². The van der Waals surface area contributed by atoms with E-state index in [0.717, 1.165) is 25.7 Å². The van der Waals surface area contributed by atoms with Gasteiger partial charge in [-0.05, 0) is 31.7 Å². The Morgan fingerprint density at radius 2 is 2.00 bits per heavy atom. The summed E-state index contributed by atoms with van der Waals surface area (Å²) in [6, 6.07) is 1.96. The van der Waals surface area contributed by atoms with Crippen molar-refractivity contribution >= 4 is 23.4 Å². The summed E-state index contributed by atoms with van der Waals surface area (Å²) >= 11 is 6.17. The molecule has 0 aliphatic carbocycles. The molecule has 0 amide bonds. The lowest BCUT2D eigenvalue weighted by molar-refractivity contribution is 0.0696. The van der Waals surface area contributed by atoms with Crippen molar-refractivity contribution in [3.8, 4) is 0 Å². The number of carboxylic acids is 1. The maximum Gasteiger partial charge on any atom is 0.337 e. The lowest BCUT2D eigenvalue weighted by atomic mass is 10.00. The molecule has 2 fully saturated rings. The Morgan fingerprint density at radius 1 is 1.37 bits per heavy atom. The Balaban J connectivity index is 1.93. The number of hydrogen-bond donors (Lipinski definition) is 2. The van der Waals surface area contributed by atoms with E-state index in [4.69, 9.17) is 16.7 Å². The third kappa shape index (κ3) is 2.17. The van der Waals surface area contributed by atoms with E-state index in [1.54, 1.807) is 0 Å². The molecule has 2 aliphatic rings. The molecular weight excluding hydrogens is 268 g/mol. The standard InChI is InChI=1S/C13H15ClN2O3/c14-11-3-7(13(18)19)6-15-12(11)16-8-1-2-9(16)5-10(17)4-8/h3,6,8-10,17H,1-2,4-5H2,(H,18,19). The fourth-order valence-corrected chi connectivity index (χ4v) is 3.50. The molecule has 2 saturated heterocycles. The van der Waals surface area contributed by atoms with Gasteiger partial charge < -0.3 is 15.1 Å². The molecule has 102 valence electrons. The highest BCUT2D eigenvalue weighted by Crippen LogP contribution is 2.40. The minimum atomic E-state index is -1.03. The molecule has 1 aromatic heterocycles. The van der Waals surface area contributed by atoms with Gasteiger partial charge in [-0.25, -0.2) is 9.78 Å². The molecule has 1 aromatic rings. The van der Waals surface area contributed by atoms with Crippen molar-refractivity contribution in [2.24, 2.45) is 0 Å². The number of aliphatic hydroxyl groups is 1. The lowest BCUT2D eigenvalue weighted by Crippen LogP contribution is -2.45. The molecule has 0 spiro atoms. The first-order valence-electron chi connectivity index (χ1n) is 6.41. The van der Waals surface area contributed by atoms with E-state index < -0.39 is 5.97 Å². The van der Waals surface area contributed by atoms with E-state index in [1.807, 2.05) is 0 Å². The zero-order chi connectivity index (χ0) is 13.6. The molecule has 0 aromatic carbocycles. The molecule has 3 heterocycles. The average molecular weight is 283 g/mol. The Labute approximate surface area is 115 Å². The number of carbonyl (C=O) groups is 1. The maximum atomic E-state index is 10.9. The summed E-state index contributed by atoms with van der Waals surface area (Å²) in [6.45, 7) is 0. The Morgan fingerprint density at radius 3 is 2.53 bits per heavy atom. The molecule has 2 atom stereocenters. The number of pyridine rings is 1. The summed E-state index contributed by atoms with van der Waals surface area (Å²) < 4.78 is 0. The summed E-state index contributed by atoms with van der Waals surface area (Å²) in [6.07, 6.45) is 4.62. The summed E-state index contributed by atoms with van der Waals surface area (Å²) in [7, 11) is 0. The third-order valence-electron chi connectivity index (χ3n) is 4.02. The first-order chi connectivity index (χ1) is 9.06. The summed E-state index contributed by atoms with van der Waals surface area (Å²) in [4.78, 5) is 17.3. The SMILES string of the molecule is O=C(O)c1cnc(N2C3CCC2CC(O)C3)c(Cl)c1. The van der Waals surface area contributed by atoms with Crippen LogP contribution in [0.3, 0.4) is 0 Å². The first-order valence-corrected chi connectivity index (χ1v) is 6.79. The van der Waals surface area contributed by atoms with E-state index in [-0.39, 0.29) is 23.8 Å². The zero-order valence-electron chi connectivity index (χ0n) is 10.3. The minimum absolute atomic E-state index is 0.0955. The van der Waals surface area contributed by atoms with Crippen molar-refractivity contribution in [3.63, 3.8) is 0 Å². The van der Waals surface area contributed by atoms with Crippen LogP contribution >= 0.6 is 11.6 Å². The normalized spacial score (nSPS) is 29.6. The molecule has 2 unspecified atom stereocenters. The number of aliphatic hydroxyl groups excluding tert-OH is 1. The van der Waals surface area contributed by atoms with Crippen molar-refractivity contribution in [2.75, 3.05) is 4.90 Å². The van der Waals surface area contributed by atoms with Gasteiger partial charge >= 0.3 is 5.97 Å². The van der Waals surface area contributed by atoms with Crippen LogP contribution in [-0.2, 0) is 0 Å². The summed E-state index contributed by atoms with van der Waals surface area (Å²) in [5.41, 5.74) is 0.0955. The van der Waals surface area contributed by atoms with Crippen molar-refractivity contribution < 1.29 is 15.0 Å². The highest BCUT2D eigenvalue weighted by molar-refractivity contribution is 6.33. The highest BCUT2D eigenvalue weighted by atomic mass is 35.5. The van der Waals surface area contributed by atoms with Gasteiger partial charge in [-0.3, -0.25) is 0 Å². The van der Waals surface area contributed by atoms with Gasteiger partial charge in [0.15, 0.2) is 0 Å². The molecule has 5 nitrogen and oxygen atoms in total. The van der Waals surface area contributed by atoms with Crippen LogP contribution < -0.4 is 4.90 Å². The van der Waals surface area contributed by atoms with Crippen LogP contribution in [0.5, 0.6) is 0 Å². The van der Waals surface area contributed by atoms with Crippen LogP contribution in [-0.4, -0.2) is 39.4 Å². The van der Waals surface area contributed by atoms with Gasteiger partial charge in [-0.15, -0.1) is 0 Å². The van der Waals surface area contributed by atoms with Crippen LogP contribution in [0, 0.1) is 0 Å². The van der Waals surface area contributed by atoms with E-state index in [9.17, 15) is 9.90 Å². The second kappa shape index (κ2) is 4.65. The largest absolute Gasteiger partial charge is 0.478 e. The number of halogens is 1. The molecule has 3 rings (SSSR count). The summed E-state index contributed by atoms with van der Waals surface area (Å²) in [5, 5.41) is 19.1. The Kier molecular flexibility index (Phi) is 3.11. The number of carboxylic acid groups (broad SMARTS) is 1. The number of fused-ring (bicyclic) bond motifs is 2. The molecule has 0 saturated carbocycles. The molecule has 19 heavy (non-hydrogen) atoms. The monoisotopic (exact) mass is 282 g/mol. The Bertz CT molecular complexity index is 509. The fourth-order valence-electron chi connectivity index (χ4n) is 3.23. The molecule has 2 aliphatic heterocycles. The van der Waals surface area contributed by atoms with E-state index in [0.29, 0.717) is 10.8 Å². The predicted molar refractivity (Wildman–Crippen MR) is 70.7 cm³/mol. The van der Waals surface area contributed by atoms with E-state index in [2.05, 4.69) is 9.88 Å². The van der Waals surface area contributed by atoms with Crippen molar-refractivity contribution in [3.05, 3.63) is 22.8 Å². The van der Waals surface area contributed by atoms with Gasteiger partial charge in [0, 0.05) is 18.3 Å². The van der Waals surface area contributed by atoms with Gasteiger partial charge in [-0.2, -0.15) is 0 Å². The summed E-state index contributed by atoms with van der Waals surface area (Å²) in [5.74, 6) is -0.385. The predicted octanol–water partition coefficient (Wildman–Crippen LogP) is 1.93.